The molecule has 0 saturated carbocycles. The Balaban J connectivity index is 1.40. The van der Waals surface area contributed by atoms with Gasteiger partial charge in [0.05, 0.1) is 0 Å². The molecular formula is C54H34. The SMILES string of the molecule is c1ccc(-c2cc3c(cc2-c2ccccc2)c2cc4c(-c5ccccc5)c5ccccc5c(-c5ccccc5)c4cc2c2cc4ccccc4cc32)cc1. The van der Waals surface area contributed by atoms with Crippen molar-refractivity contribution in [1.29, 1.82) is 0 Å². The molecule has 0 heteroatoms. The third-order valence-corrected chi connectivity index (χ3v) is 11.4. The van der Waals surface area contributed by atoms with Gasteiger partial charge in [-0.1, -0.05) is 170 Å². The first-order chi connectivity index (χ1) is 26.8. The van der Waals surface area contributed by atoms with E-state index < -0.39 is 0 Å². The highest BCUT2D eigenvalue weighted by Gasteiger charge is 2.21. The van der Waals surface area contributed by atoms with Crippen molar-refractivity contribution in [1.82, 2.24) is 0 Å². The first-order valence-corrected chi connectivity index (χ1v) is 18.8. The van der Waals surface area contributed by atoms with Crippen molar-refractivity contribution in [3.8, 4) is 44.5 Å². The van der Waals surface area contributed by atoms with E-state index in [0.29, 0.717) is 0 Å². The Bertz CT molecular complexity index is 3220. The highest BCUT2D eigenvalue weighted by molar-refractivity contribution is 6.33. The number of hydrogen-bond acceptors (Lipinski definition) is 0. The predicted octanol–water partition coefficient (Wildman–Crippen LogP) is 15.3. The zero-order chi connectivity index (χ0) is 35.6. The Hall–Kier alpha value is -7.02. The van der Waals surface area contributed by atoms with E-state index in [9.17, 15) is 0 Å². The van der Waals surface area contributed by atoms with Gasteiger partial charge in [0.1, 0.15) is 0 Å². The van der Waals surface area contributed by atoms with Crippen LogP contribution in [0.5, 0.6) is 0 Å². The van der Waals surface area contributed by atoms with Crippen LogP contribution in [-0.2, 0) is 0 Å². The van der Waals surface area contributed by atoms with Crippen molar-refractivity contribution in [2.24, 2.45) is 0 Å². The van der Waals surface area contributed by atoms with Crippen molar-refractivity contribution in [3.63, 3.8) is 0 Å². The van der Waals surface area contributed by atoms with Crippen LogP contribution in [0.4, 0.5) is 0 Å². The summed E-state index contributed by atoms with van der Waals surface area (Å²) in [5.74, 6) is 0. The van der Waals surface area contributed by atoms with Crippen LogP contribution in [0, 0.1) is 0 Å². The number of rotatable bonds is 4. The highest BCUT2D eigenvalue weighted by Crippen LogP contribution is 2.49. The molecule has 0 N–H and O–H groups in total. The molecule has 0 aliphatic heterocycles. The van der Waals surface area contributed by atoms with E-state index >= 15 is 0 Å². The van der Waals surface area contributed by atoms with Crippen LogP contribution in [-0.4, -0.2) is 0 Å². The van der Waals surface area contributed by atoms with Gasteiger partial charge in [0, 0.05) is 0 Å². The lowest BCUT2D eigenvalue weighted by atomic mass is 9.82. The topological polar surface area (TPSA) is 0 Å². The van der Waals surface area contributed by atoms with E-state index in [1.54, 1.807) is 0 Å². The van der Waals surface area contributed by atoms with E-state index in [0.717, 1.165) is 0 Å². The summed E-state index contributed by atoms with van der Waals surface area (Å²) in [6, 6.07) is 76.2. The Morgan fingerprint density at radius 2 is 0.481 bits per heavy atom. The van der Waals surface area contributed by atoms with Gasteiger partial charge in [0.15, 0.2) is 0 Å². The van der Waals surface area contributed by atoms with Crippen molar-refractivity contribution in [2.45, 2.75) is 0 Å². The fourth-order valence-electron chi connectivity index (χ4n) is 8.94. The third-order valence-electron chi connectivity index (χ3n) is 11.4. The molecule has 11 aromatic rings. The van der Waals surface area contributed by atoms with Crippen LogP contribution >= 0.6 is 0 Å². The summed E-state index contributed by atoms with van der Waals surface area (Å²) in [5, 5.41) is 15.2. The lowest BCUT2D eigenvalue weighted by molar-refractivity contribution is 1.61. The zero-order valence-corrected chi connectivity index (χ0v) is 29.6. The maximum absolute atomic E-state index is 2.51. The number of fused-ring (bicyclic) bond motifs is 9. The molecule has 0 atom stereocenters. The van der Waals surface area contributed by atoms with Gasteiger partial charge in [0.25, 0.3) is 0 Å². The number of benzene rings is 11. The molecule has 0 aliphatic carbocycles. The summed E-state index contributed by atoms with van der Waals surface area (Å²) in [6.45, 7) is 0. The molecule has 0 radical (unpaired) electrons. The quantitative estimate of drug-likeness (QED) is 0.128. The van der Waals surface area contributed by atoms with Gasteiger partial charge >= 0.3 is 0 Å². The first kappa shape index (κ1) is 30.6. The molecule has 0 spiro atoms. The summed E-state index contributed by atoms with van der Waals surface area (Å²) in [4.78, 5) is 0. The Morgan fingerprint density at radius 3 is 0.870 bits per heavy atom. The maximum Gasteiger partial charge on any atom is -0.00261 e. The van der Waals surface area contributed by atoms with E-state index in [1.807, 2.05) is 0 Å². The second kappa shape index (κ2) is 12.3. The smallest absolute Gasteiger partial charge is 0.00261 e. The molecule has 11 rings (SSSR count). The van der Waals surface area contributed by atoms with Crippen LogP contribution in [0.1, 0.15) is 0 Å². The van der Waals surface area contributed by atoms with Gasteiger partial charge in [-0.25, -0.2) is 0 Å². The molecule has 0 amide bonds. The van der Waals surface area contributed by atoms with E-state index in [-0.39, 0.29) is 0 Å². The van der Waals surface area contributed by atoms with E-state index in [4.69, 9.17) is 0 Å². The van der Waals surface area contributed by atoms with Crippen molar-refractivity contribution < 1.29 is 0 Å². The minimum Gasteiger partial charge on any atom is -0.0622 e. The van der Waals surface area contributed by atoms with E-state index in [2.05, 4.69) is 206 Å². The second-order valence-corrected chi connectivity index (χ2v) is 14.4. The van der Waals surface area contributed by atoms with Crippen molar-refractivity contribution >= 4 is 64.6 Å². The normalized spacial score (nSPS) is 11.7. The molecule has 0 heterocycles. The standard InChI is InChI=1S/C54H34/c1-5-17-35(18-6-1)43-31-47-45-29-39-25-13-14-26-40(39)30-46(45)49-33-51-52(34-50(49)48(47)32-44(43)36-19-7-2-8-20-36)54(38-23-11-4-12-24-38)42-28-16-15-27-41(42)53(51)37-21-9-3-10-22-37/h1-34H. The molecule has 250 valence electrons. The van der Waals surface area contributed by atoms with Gasteiger partial charge < -0.3 is 0 Å². The Kier molecular flexibility index (Phi) is 6.97. The fraction of sp³-hybridized carbons (Fsp3) is 0. The second-order valence-electron chi connectivity index (χ2n) is 14.4. The van der Waals surface area contributed by atoms with Crippen LogP contribution in [0.15, 0.2) is 206 Å². The molecule has 0 fully saturated rings. The molecule has 0 aliphatic rings. The van der Waals surface area contributed by atoms with Gasteiger partial charge in [0.2, 0.25) is 0 Å². The third kappa shape index (κ3) is 4.78. The number of hydrogen-bond donors (Lipinski definition) is 0. The molecule has 54 heavy (non-hydrogen) atoms. The molecular weight excluding hydrogens is 649 g/mol. The van der Waals surface area contributed by atoms with Crippen molar-refractivity contribution in [3.05, 3.63) is 206 Å². The monoisotopic (exact) mass is 682 g/mol. The molecule has 0 aromatic heterocycles. The van der Waals surface area contributed by atoms with Gasteiger partial charge in [-0.3, -0.25) is 0 Å². The zero-order valence-electron chi connectivity index (χ0n) is 29.6. The van der Waals surface area contributed by atoms with Crippen LogP contribution < -0.4 is 0 Å². The largest absolute Gasteiger partial charge is 0.0622 e. The van der Waals surface area contributed by atoms with Gasteiger partial charge in [-0.05, 0) is 146 Å². The van der Waals surface area contributed by atoms with Crippen LogP contribution in [0.2, 0.25) is 0 Å². The lowest BCUT2D eigenvalue weighted by Gasteiger charge is -2.21. The fourth-order valence-corrected chi connectivity index (χ4v) is 8.94. The molecule has 11 aromatic carbocycles. The molecule has 0 nitrogen and oxygen atoms in total. The van der Waals surface area contributed by atoms with Crippen LogP contribution in [0.25, 0.3) is 109 Å². The summed E-state index contributed by atoms with van der Waals surface area (Å²) < 4.78 is 0. The molecule has 0 bridgehead atoms. The Labute approximate surface area is 314 Å². The summed E-state index contributed by atoms with van der Waals surface area (Å²) in [7, 11) is 0. The van der Waals surface area contributed by atoms with Gasteiger partial charge in [-0.2, -0.15) is 0 Å². The average molecular weight is 683 g/mol. The van der Waals surface area contributed by atoms with E-state index in [1.165, 1.54) is 109 Å². The highest BCUT2D eigenvalue weighted by atomic mass is 14.2. The molecule has 0 unspecified atom stereocenters. The molecule has 0 saturated heterocycles. The summed E-state index contributed by atoms with van der Waals surface area (Å²) >= 11 is 0. The first-order valence-electron chi connectivity index (χ1n) is 18.8. The summed E-state index contributed by atoms with van der Waals surface area (Å²) in [5.41, 5.74) is 9.93. The minimum absolute atomic E-state index is 1.22. The summed E-state index contributed by atoms with van der Waals surface area (Å²) in [6.07, 6.45) is 0. The minimum atomic E-state index is 1.22. The van der Waals surface area contributed by atoms with Crippen molar-refractivity contribution in [2.75, 3.05) is 0 Å². The maximum atomic E-state index is 2.51. The predicted molar refractivity (Wildman–Crippen MR) is 233 cm³/mol. The average Bonchev–Trinajstić information content (AvgIpc) is 3.25. The lowest BCUT2D eigenvalue weighted by Crippen LogP contribution is -1.93. The van der Waals surface area contributed by atoms with Crippen LogP contribution in [0.3, 0.4) is 0 Å². The Morgan fingerprint density at radius 1 is 0.185 bits per heavy atom. The van der Waals surface area contributed by atoms with Gasteiger partial charge in [-0.15, -0.1) is 0 Å².